The van der Waals surface area contributed by atoms with Crippen LogP contribution in [0.3, 0.4) is 0 Å². The number of rotatable bonds is 5. The number of benzene rings is 1. The number of piperidine rings is 1. The molecule has 2 amide bonds. The third-order valence-electron chi connectivity index (χ3n) is 5.96. The Morgan fingerprint density at radius 2 is 1.94 bits per heavy atom. The minimum atomic E-state index is -0.380. The minimum Gasteiger partial charge on any atom is -0.472 e. The van der Waals surface area contributed by atoms with Crippen molar-refractivity contribution in [3.8, 4) is 0 Å². The van der Waals surface area contributed by atoms with Crippen molar-refractivity contribution in [2.75, 3.05) is 13.1 Å². The first-order valence-corrected chi connectivity index (χ1v) is 10.6. The number of carbonyl (C=O) groups excluding carboxylic acids is 2. The molecule has 162 valence electrons. The van der Waals surface area contributed by atoms with Gasteiger partial charge in [0.2, 0.25) is 5.91 Å². The predicted molar refractivity (Wildman–Crippen MR) is 116 cm³/mol. The Bertz CT molecular complexity index is 1150. The van der Waals surface area contributed by atoms with Crippen LogP contribution in [0.25, 0.3) is 11.0 Å². The second-order valence-electron chi connectivity index (χ2n) is 8.14. The van der Waals surface area contributed by atoms with Crippen molar-refractivity contribution in [2.45, 2.75) is 45.6 Å². The van der Waals surface area contributed by atoms with E-state index < -0.39 is 0 Å². The van der Waals surface area contributed by atoms with Gasteiger partial charge in [-0.1, -0.05) is 12.1 Å². The van der Waals surface area contributed by atoms with Gasteiger partial charge in [0, 0.05) is 36.5 Å². The van der Waals surface area contributed by atoms with E-state index in [1.165, 1.54) is 12.5 Å². The van der Waals surface area contributed by atoms with E-state index in [1.807, 2.05) is 32.0 Å². The van der Waals surface area contributed by atoms with Gasteiger partial charge in [-0.25, -0.2) is 4.79 Å². The van der Waals surface area contributed by atoms with Crippen LogP contribution >= 0.6 is 0 Å². The van der Waals surface area contributed by atoms with Crippen LogP contribution in [0.15, 0.2) is 50.4 Å². The highest BCUT2D eigenvalue weighted by molar-refractivity contribution is 5.93. The van der Waals surface area contributed by atoms with Crippen LogP contribution in [0, 0.1) is 13.8 Å². The average Bonchev–Trinajstić information content (AvgIpc) is 3.28. The summed E-state index contributed by atoms with van der Waals surface area (Å²) in [5.41, 5.74) is 3.18. The number of amides is 2. The standard InChI is InChI=1S/C24H26N2O5/c1-15-3-4-19-16(2)20(24(29)31-21(19)13-15)5-6-22(27)25-18-7-10-26(11-8-18)23(28)17-9-12-30-14-17/h3-4,9,12-14,18H,5-8,10-11H2,1-2H3,(H,25,27). The molecule has 2 aromatic heterocycles. The van der Waals surface area contributed by atoms with Gasteiger partial charge in [0.25, 0.3) is 5.91 Å². The van der Waals surface area contributed by atoms with Crippen molar-refractivity contribution in [2.24, 2.45) is 0 Å². The predicted octanol–water partition coefficient (Wildman–Crippen LogP) is 3.36. The molecule has 7 nitrogen and oxygen atoms in total. The van der Waals surface area contributed by atoms with Crippen LogP contribution in [0.4, 0.5) is 0 Å². The molecule has 1 N–H and O–H groups in total. The molecular formula is C24H26N2O5. The molecule has 0 spiro atoms. The summed E-state index contributed by atoms with van der Waals surface area (Å²) in [4.78, 5) is 39.0. The molecule has 1 aliphatic rings. The van der Waals surface area contributed by atoms with E-state index in [4.69, 9.17) is 8.83 Å². The van der Waals surface area contributed by atoms with Gasteiger partial charge in [0.05, 0.1) is 11.8 Å². The largest absolute Gasteiger partial charge is 0.472 e. The number of carbonyl (C=O) groups is 2. The lowest BCUT2D eigenvalue weighted by Gasteiger charge is -2.32. The molecule has 3 aromatic rings. The highest BCUT2D eigenvalue weighted by atomic mass is 16.4. The molecule has 0 atom stereocenters. The molecule has 0 unspecified atom stereocenters. The third-order valence-corrected chi connectivity index (χ3v) is 5.96. The molecule has 1 aliphatic heterocycles. The maximum Gasteiger partial charge on any atom is 0.339 e. The van der Waals surface area contributed by atoms with Crippen molar-refractivity contribution in [1.29, 1.82) is 0 Å². The fourth-order valence-corrected chi connectivity index (χ4v) is 4.12. The summed E-state index contributed by atoms with van der Waals surface area (Å²) in [6, 6.07) is 7.46. The van der Waals surface area contributed by atoms with Gasteiger partial charge in [-0.15, -0.1) is 0 Å². The van der Waals surface area contributed by atoms with E-state index in [-0.39, 0.29) is 29.9 Å². The first-order chi connectivity index (χ1) is 14.9. The first kappa shape index (κ1) is 20.9. The van der Waals surface area contributed by atoms with Gasteiger partial charge < -0.3 is 19.1 Å². The highest BCUT2D eigenvalue weighted by Crippen LogP contribution is 2.21. The zero-order valence-corrected chi connectivity index (χ0v) is 17.8. The summed E-state index contributed by atoms with van der Waals surface area (Å²) in [5.74, 6) is -0.144. The van der Waals surface area contributed by atoms with Crippen molar-refractivity contribution < 1.29 is 18.4 Å². The first-order valence-electron chi connectivity index (χ1n) is 10.6. The third kappa shape index (κ3) is 4.55. The van der Waals surface area contributed by atoms with Crippen LogP contribution in [-0.4, -0.2) is 35.8 Å². The lowest BCUT2D eigenvalue weighted by molar-refractivity contribution is -0.122. The summed E-state index contributed by atoms with van der Waals surface area (Å²) in [5, 5.41) is 3.94. The van der Waals surface area contributed by atoms with Crippen LogP contribution in [0.1, 0.15) is 46.3 Å². The van der Waals surface area contributed by atoms with E-state index in [0.29, 0.717) is 49.1 Å². The van der Waals surface area contributed by atoms with E-state index >= 15 is 0 Å². The van der Waals surface area contributed by atoms with Crippen LogP contribution in [-0.2, 0) is 11.2 Å². The molecule has 0 bridgehead atoms. The summed E-state index contributed by atoms with van der Waals surface area (Å²) in [7, 11) is 0. The van der Waals surface area contributed by atoms with Crippen LogP contribution in [0.2, 0.25) is 0 Å². The maximum absolute atomic E-state index is 12.5. The number of nitrogens with one attached hydrogen (secondary N) is 1. The molecule has 0 aliphatic carbocycles. The van der Waals surface area contributed by atoms with Gasteiger partial charge >= 0.3 is 5.63 Å². The van der Waals surface area contributed by atoms with Crippen LogP contribution in [0.5, 0.6) is 0 Å². The number of aryl methyl sites for hydroxylation is 2. The summed E-state index contributed by atoms with van der Waals surface area (Å²) in [6.07, 6.45) is 4.89. The van der Waals surface area contributed by atoms with Gasteiger partial charge in [-0.3, -0.25) is 9.59 Å². The number of fused-ring (bicyclic) bond motifs is 1. The van der Waals surface area contributed by atoms with Crippen LogP contribution < -0.4 is 10.9 Å². The number of furan rings is 1. The van der Waals surface area contributed by atoms with E-state index in [0.717, 1.165) is 16.5 Å². The molecular weight excluding hydrogens is 396 g/mol. The molecule has 4 rings (SSSR count). The van der Waals surface area contributed by atoms with Crippen molar-refractivity contribution >= 4 is 22.8 Å². The molecule has 0 radical (unpaired) electrons. The van der Waals surface area contributed by atoms with Crippen molar-refractivity contribution in [3.05, 3.63) is 69.5 Å². The second-order valence-corrected chi connectivity index (χ2v) is 8.14. The second kappa shape index (κ2) is 8.79. The molecule has 31 heavy (non-hydrogen) atoms. The van der Waals surface area contributed by atoms with E-state index in [1.54, 1.807) is 11.0 Å². The quantitative estimate of drug-likeness (QED) is 0.637. The number of likely N-dealkylation sites (tertiary alicyclic amines) is 1. The molecule has 3 heterocycles. The average molecular weight is 422 g/mol. The Labute approximate surface area is 180 Å². The lowest BCUT2D eigenvalue weighted by Crippen LogP contribution is -2.46. The van der Waals surface area contributed by atoms with E-state index in [9.17, 15) is 14.4 Å². The fourth-order valence-electron chi connectivity index (χ4n) is 4.12. The fraction of sp³-hybridized carbons (Fsp3) is 0.375. The van der Waals surface area contributed by atoms with Gasteiger partial charge in [0.15, 0.2) is 0 Å². The number of hydrogen-bond donors (Lipinski definition) is 1. The molecule has 7 heteroatoms. The number of hydrogen-bond acceptors (Lipinski definition) is 5. The van der Waals surface area contributed by atoms with Gasteiger partial charge in [-0.2, -0.15) is 0 Å². The highest BCUT2D eigenvalue weighted by Gasteiger charge is 2.25. The smallest absolute Gasteiger partial charge is 0.339 e. The minimum absolute atomic E-state index is 0.0259. The topological polar surface area (TPSA) is 92.8 Å². The molecule has 1 saturated heterocycles. The lowest BCUT2D eigenvalue weighted by atomic mass is 10.0. The normalized spacial score (nSPS) is 14.7. The molecule has 1 aromatic carbocycles. The summed E-state index contributed by atoms with van der Waals surface area (Å²) in [6.45, 7) is 5.02. The maximum atomic E-state index is 12.5. The summed E-state index contributed by atoms with van der Waals surface area (Å²) >= 11 is 0. The number of nitrogens with zero attached hydrogens (tertiary/aromatic N) is 1. The Balaban J connectivity index is 1.32. The van der Waals surface area contributed by atoms with Crippen molar-refractivity contribution in [1.82, 2.24) is 10.2 Å². The SMILES string of the molecule is Cc1ccc2c(C)c(CCC(=O)NC3CCN(C(=O)c4ccoc4)CC3)c(=O)oc2c1. The Kier molecular flexibility index (Phi) is 5.93. The van der Waals surface area contributed by atoms with Gasteiger partial charge in [0.1, 0.15) is 11.8 Å². The molecule has 0 saturated carbocycles. The molecule has 1 fully saturated rings. The van der Waals surface area contributed by atoms with Crippen molar-refractivity contribution in [3.63, 3.8) is 0 Å². The zero-order chi connectivity index (χ0) is 22.0. The Hall–Kier alpha value is -3.35. The monoisotopic (exact) mass is 422 g/mol. The Morgan fingerprint density at radius 1 is 1.16 bits per heavy atom. The summed E-state index contributed by atoms with van der Waals surface area (Å²) < 4.78 is 10.4. The zero-order valence-electron chi connectivity index (χ0n) is 17.8. The Morgan fingerprint density at radius 3 is 2.65 bits per heavy atom. The van der Waals surface area contributed by atoms with E-state index in [2.05, 4.69) is 5.32 Å². The van der Waals surface area contributed by atoms with Gasteiger partial charge in [-0.05, 0) is 56.4 Å².